The minimum absolute atomic E-state index is 0.0159. The molecule has 1 aliphatic carbocycles. The van der Waals surface area contributed by atoms with Crippen LogP contribution in [0.4, 0.5) is 5.82 Å². The number of benzene rings is 1. The van der Waals surface area contributed by atoms with Crippen LogP contribution in [0.1, 0.15) is 12.8 Å². The van der Waals surface area contributed by atoms with Crippen LogP contribution in [0, 0.1) is 0 Å². The number of anilines is 1. The van der Waals surface area contributed by atoms with Gasteiger partial charge in [0.05, 0.1) is 23.8 Å². The van der Waals surface area contributed by atoms with E-state index < -0.39 is 0 Å². The van der Waals surface area contributed by atoms with Crippen LogP contribution in [-0.4, -0.2) is 45.3 Å². The van der Waals surface area contributed by atoms with Crippen LogP contribution in [0.2, 0.25) is 0 Å². The van der Waals surface area contributed by atoms with Crippen molar-refractivity contribution in [1.29, 1.82) is 0 Å². The summed E-state index contributed by atoms with van der Waals surface area (Å²) in [6.45, 7) is 0.263. The molecule has 1 fully saturated rings. The first-order chi connectivity index (χ1) is 11.7. The Bertz CT molecular complexity index is 871. The summed E-state index contributed by atoms with van der Waals surface area (Å²) >= 11 is 0. The van der Waals surface area contributed by atoms with E-state index in [1.54, 1.807) is 10.9 Å². The number of nitrogens with zero attached hydrogens (tertiary/aromatic N) is 5. The Labute approximate surface area is 139 Å². The van der Waals surface area contributed by atoms with Gasteiger partial charge in [0.15, 0.2) is 5.65 Å². The third kappa shape index (κ3) is 2.80. The molecule has 2 heterocycles. The summed E-state index contributed by atoms with van der Waals surface area (Å²) in [7, 11) is 1.86. The molecule has 1 saturated carbocycles. The topological polar surface area (TPSA) is 75.9 Å². The normalized spacial score (nSPS) is 13.9. The first-order valence-corrected chi connectivity index (χ1v) is 7.97. The number of aromatic nitrogens is 4. The number of hydrogen-bond donors (Lipinski definition) is 1. The molecule has 0 saturated heterocycles. The molecule has 1 N–H and O–H groups in total. The molecule has 0 atom stereocenters. The zero-order valence-corrected chi connectivity index (χ0v) is 13.4. The van der Waals surface area contributed by atoms with Crippen LogP contribution in [-0.2, 0) is 4.79 Å². The maximum atomic E-state index is 12.0. The van der Waals surface area contributed by atoms with E-state index in [4.69, 9.17) is 0 Å². The first-order valence-electron chi connectivity index (χ1n) is 7.97. The molecule has 2 aromatic heterocycles. The molecule has 0 unspecified atom stereocenters. The Hall–Kier alpha value is -2.96. The summed E-state index contributed by atoms with van der Waals surface area (Å²) in [5.41, 5.74) is 1.66. The third-order valence-electron chi connectivity index (χ3n) is 4.03. The van der Waals surface area contributed by atoms with E-state index >= 15 is 0 Å². The Morgan fingerprint density at radius 3 is 2.83 bits per heavy atom. The second kappa shape index (κ2) is 5.92. The van der Waals surface area contributed by atoms with E-state index in [0.717, 1.165) is 29.6 Å². The van der Waals surface area contributed by atoms with Crippen molar-refractivity contribution >= 4 is 22.8 Å². The Kier molecular flexibility index (Phi) is 3.60. The summed E-state index contributed by atoms with van der Waals surface area (Å²) in [4.78, 5) is 22.6. The Balaban J connectivity index is 1.64. The van der Waals surface area contributed by atoms with Crippen LogP contribution in [0.3, 0.4) is 0 Å². The summed E-state index contributed by atoms with van der Waals surface area (Å²) in [6.07, 6.45) is 5.41. The summed E-state index contributed by atoms with van der Waals surface area (Å²) < 4.78 is 1.78. The fourth-order valence-corrected chi connectivity index (χ4v) is 2.69. The van der Waals surface area contributed by atoms with Crippen LogP contribution in [0.25, 0.3) is 16.7 Å². The third-order valence-corrected chi connectivity index (χ3v) is 4.03. The molecule has 3 aromatic rings. The van der Waals surface area contributed by atoms with Crippen molar-refractivity contribution in [3.05, 3.63) is 42.9 Å². The predicted molar refractivity (Wildman–Crippen MR) is 91.1 cm³/mol. The van der Waals surface area contributed by atoms with Gasteiger partial charge >= 0.3 is 0 Å². The van der Waals surface area contributed by atoms with Crippen molar-refractivity contribution < 1.29 is 4.79 Å². The average molecular weight is 322 g/mol. The second-order valence-corrected chi connectivity index (χ2v) is 6.02. The zero-order chi connectivity index (χ0) is 16.5. The Morgan fingerprint density at radius 1 is 1.29 bits per heavy atom. The van der Waals surface area contributed by atoms with Gasteiger partial charge in [-0.1, -0.05) is 18.2 Å². The maximum Gasteiger partial charge on any atom is 0.239 e. The minimum Gasteiger partial charge on any atom is -0.352 e. The number of carbonyl (C=O) groups is 1. The van der Waals surface area contributed by atoms with Gasteiger partial charge in [0, 0.05) is 13.1 Å². The largest absolute Gasteiger partial charge is 0.352 e. The van der Waals surface area contributed by atoms with Crippen LogP contribution in [0.5, 0.6) is 0 Å². The van der Waals surface area contributed by atoms with Crippen LogP contribution >= 0.6 is 0 Å². The molecule has 4 rings (SSSR count). The number of rotatable bonds is 5. The lowest BCUT2D eigenvalue weighted by atomic mass is 10.3. The highest BCUT2D eigenvalue weighted by molar-refractivity contribution is 5.90. The highest BCUT2D eigenvalue weighted by Gasteiger charge is 2.24. The molecule has 122 valence electrons. The van der Waals surface area contributed by atoms with Gasteiger partial charge in [-0.25, -0.2) is 14.6 Å². The second-order valence-electron chi connectivity index (χ2n) is 6.02. The number of likely N-dealkylation sites (N-methyl/N-ethyl adjacent to an activating group) is 1. The smallest absolute Gasteiger partial charge is 0.239 e. The molecule has 0 radical (unpaired) electrons. The van der Waals surface area contributed by atoms with Gasteiger partial charge in [0.25, 0.3) is 0 Å². The molecule has 1 aromatic carbocycles. The van der Waals surface area contributed by atoms with Crippen LogP contribution in [0.15, 0.2) is 42.9 Å². The lowest BCUT2D eigenvalue weighted by Gasteiger charge is -2.18. The number of amides is 1. The van der Waals surface area contributed by atoms with Crippen molar-refractivity contribution in [3.8, 4) is 5.69 Å². The monoisotopic (exact) mass is 322 g/mol. The van der Waals surface area contributed by atoms with Gasteiger partial charge in [0.2, 0.25) is 5.91 Å². The van der Waals surface area contributed by atoms with Gasteiger partial charge in [-0.2, -0.15) is 5.10 Å². The summed E-state index contributed by atoms with van der Waals surface area (Å²) in [5.74, 6) is 0.718. The van der Waals surface area contributed by atoms with E-state index in [1.807, 2.05) is 42.3 Å². The molecule has 7 nitrogen and oxygen atoms in total. The minimum atomic E-state index is 0.0159. The molecule has 0 bridgehead atoms. The molecule has 24 heavy (non-hydrogen) atoms. The highest BCUT2D eigenvalue weighted by Crippen LogP contribution is 2.24. The number of para-hydroxylation sites is 1. The van der Waals surface area contributed by atoms with E-state index in [1.165, 1.54) is 6.33 Å². The predicted octanol–water partition coefficient (Wildman–Crippen LogP) is 1.53. The lowest BCUT2D eigenvalue weighted by Crippen LogP contribution is -2.36. The van der Waals surface area contributed by atoms with Crippen LogP contribution < -0.4 is 10.2 Å². The fraction of sp³-hybridized carbons (Fsp3) is 0.294. The summed E-state index contributed by atoms with van der Waals surface area (Å²) in [5, 5.41) is 8.24. The number of fused-ring (bicyclic) bond motifs is 1. The number of nitrogens with one attached hydrogen (secondary N) is 1. The lowest BCUT2D eigenvalue weighted by molar-refractivity contribution is -0.119. The van der Waals surface area contributed by atoms with Gasteiger partial charge in [0.1, 0.15) is 12.1 Å². The van der Waals surface area contributed by atoms with Crippen molar-refractivity contribution in [3.63, 3.8) is 0 Å². The molecule has 1 aliphatic rings. The molecule has 1 amide bonds. The van der Waals surface area contributed by atoms with Crippen molar-refractivity contribution in [2.24, 2.45) is 0 Å². The molecule has 0 aliphatic heterocycles. The Morgan fingerprint density at radius 2 is 2.08 bits per heavy atom. The van der Waals surface area contributed by atoms with E-state index in [9.17, 15) is 4.79 Å². The number of hydrogen-bond acceptors (Lipinski definition) is 5. The fourth-order valence-electron chi connectivity index (χ4n) is 2.69. The van der Waals surface area contributed by atoms with Gasteiger partial charge < -0.3 is 10.2 Å². The van der Waals surface area contributed by atoms with E-state index in [2.05, 4.69) is 20.4 Å². The van der Waals surface area contributed by atoms with Gasteiger partial charge in [-0.3, -0.25) is 4.79 Å². The van der Waals surface area contributed by atoms with Gasteiger partial charge in [-0.15, -0.1) is 0 Å². The summed E-state index contributed by atoms with van der Waals surface area (Å²) in [6, 6.07) is 10.2. The van der Waals surface area contributed by atoms with E-state index in [-0.39, 0.29) is 12.5 Å². The van der Waals surface area contributed by atoms with Crippen molar-refractivity contribution in [2.45, 2.75) is 18.9 Å². The van der Waals surface area contributed by atoms with Crippen molar-refractivity contribution in [1.82, 2.24) is 25.1 Å². The zero-order valence-electron chi connectivity index (χ0n) is 13.4. The highest BCUT2D eigenvalue weighted by atomic mass is 16.2. The van der Waals surface area contributed by atoms with Gasteiger partial charge in [-0.05, 0) is 25.0 Å². The first kappa shape index (κ1) is 14.6. The molecular weight excluding hydrogens is 304 g/mol. The van der Waals surface area contributed by atoms with E-state index in [0.29, 0.717) is 11.9 Å². The van der Waals surface area contributed by atoms with Crippen molar-refractivity contribution in [2.75, 3.05) is 18.5 Å². The SMILES string of the molecule is CN(CC(=O)NC1CC1)c1ncnc2c1cnn2-c1ccccc1. The molecule has 0 spiro atoms. The number of carbonyl (C=O) groups excluding carboxylic acids is 1. The average Bonchev–Trinajstić information content (AvgIpc) is 3.30. The molecule has 7 heteroatoms. The quantitative estimate of drug-likeness (QED) is 0.771. The standard InChI is InChI=1S/C17H18N6O/c1-22(10-15(24)21-12-7-8-12)16-14-9-20-23(17(14)19-11-18-16)13-5-3-2-4-6-13/h2-6,9,11-12H,7-8,10H2,1H3,(H,21,24). The maximum absolute atomic E-state index is 12.0. The molecular formula is C17H18N6O.